The monoisotopic (exact) mass is 501 g/mol. The number of nitrogens with two attached hydrogens (primary N) is 1. The highest BCUT2D eigenvalue weighted by Crippen LogP contribution is 2.34. The smallest absolute Gasteiger partial charge is 0.234 e. The van der Waals surface area contributed by atoms with Gasteiger partial charge in [0.25, 0.3) is 0 Å². The molecule has 2 aliphatic carbocycles. The molecule has 0 spiro atoms. The van der Waals surface area contributed by atoms with Gasteiger partial charge in [0.2, 0.25) is 5.96 Å². The normalized spacial score (nSPS) is 18.6. The molecule has 2 aliphatic rings. The Morgan fingerprint density at radius 2 is 1.24 bits per heavy atom. The highest BCUT2D eigenvalue weighted by Gasteiger charge is 2.26. The molecule has 0 bridgehead atoms. The number of benzene rings is 2. The summed E-state index contributed by atoms with van der Waals surface area (Å²) >= 11 is 12.0. The largest absolute Gasteiger partial charge is 0.507 e. The predicted molar refractivity (Wildman–Crippen MR) is 138 cm³/mol. The molecular weight excluding hydrogens is 473 g/mol. The number of hydrogen-bond acceptors (Lipinski definition) is 5. The molecule has 0 aliphatic heterocycles. The van der Waals surface area contributed by atoms with Crippen LogP contribution >= 0.6 is 23.2 Å². The molecule has 2 saturated carbocycles. The molecule has 0 radical (unpaired) electrons. The lowest BCUT2D eigenvalue weighted by Crippen LogP contribution is -2.29. The first kappa shape index (κ1) is 24.4. The molecule has 9 heteroatoms. The maximum absolute atomic E-state index is 10.4. The van der Waals surface area contributed by atoms with Crippen LogP contribution in [0.15, 0.2) is 51.7 Å². The number of nitrogens with zero attached hydrogens (tertiary/aromatic N) is 3. The van der Waals surface area contributed by atoms with Gasteiger partial charge >= 0.3 is 0 Å². The minimum Gasteiger partial charge on any atom is -0.507 e. The van der Waals surface area contributed by atoms with Crippen molar-refractivity contribution in [2.75, 3.05) is 0 Å². The first-order valence-corrected chi connectivity index (χ1v) is 12.4. The SMILES string of the molecule is N/C(=N\N=C(c1ccc(Cl)cc1O)C1CCCC1)NN=C(c1ccc(Cl)cc1O)C1CCCC1. The molecule has 0 unspecified atom stereocenters. The summed E-state index contributed by atoms with van der Waals surface area (Å²) in [6.45, 7) is 0. The molecule has 180 valence electrons. The fraction of sp³-hybridized carbons (Fsp3) is 0.400. The van der Waals surface area contributed by atoms with Gasteiger partial charge in [-0.25, -0.2) is 5.43 Å². The minimum atomic E-state index is 0.0212. The zero-order valence-corrected chi connectivity index (χ0v) is 20.4. The van der Waals surface area contributed by atoms with Crippen molar-refractivity contribution >= 4 is 40.6 Å². The summed E-state index contributed by atoms with van der Waals surface area (Å²) < 4.78 is 0. The molecule has 0 aromatic heterocycles. The fourth-order valence-corrected chi connectivity index (χ4v) is 5.15. The number of phenolic OH excluding ortho intramolecular Hbond substituents is 2. The number of guanidine groups is 1. The number of aromatic hydroxyl groups is 2. The quantitative estimate of drug-likeness (QED) is 0.227. The van der Waals surface area contributed by atoms with Gasteiger partial charge in [-0.15, -0.1) is 5.10 Å². The number of halogens is 2. The van der Waals surface area contributed by atoms with E-state index in [-0.39, 0.29) is 29.3 Å². The van der Waals surface area contributed by atoms with Crippen LogP contribution in [0.5, 0.6) is 11.5 Å². The Morgan fingerprint density at radius 3 is 1.74 bits per heavy atom. The maximum atomic E-state index is 10.4. The lowest BCUT2D eigenvalue weighted by molar-refractivity contribution is 0.472. The third kappa shape index (κ3) is 5.83. The zero-order chi connectivity index (χ0) is 24.1. The van der Waals surface area contributed by atoms with Gasteiger partial charge < -0.3 is 15.9 Å². The third-order valence-corrected chi connectivity index (χ3v) is 6.98. The van der Waals surface area contributed by atoms with E-state index in [0.717, 1.165) is 57.1 Å². The van der Waals surface area contributed by atoms with Gasteiger partial charge in [-0.05, 0) is 62.1 Å². The topological polar surface area (TPSA) is 116 Å². The fourth-order valence-electron chi connectivity index (χ4n) is 4.82. The lowest BCUT2D eigenvalue weighted by Gasteiger charge is -2.15. The Morgan fingerprint density at radius 1 is 0.765 bits per heavy atom. The van der Waals surface area contributed by atoms with E-state index in [1.807, 2.05) is 0 Å². The van der Waals surface area contributed by atoms with E-state index in [2.05, 4.69) is 20.7 Å². The van der Waals surface area contributed by atoms with E-state index < -0.39 is 0 Å². The van der Waals surface area contributed by atoms with E-state index in [9.17, 15) is 10.2 Å². The average Bonchev–Trinajstić information content (AvgIpc) is 3.51. The summed E-state index contributed by atoms with van der Waals surface area (Å²) in [5, 5.41) is 34.9. The van der Waals surface area contributed by atoms with E-state index >= 15 is 0 Å². The van der Waals surface area contributed by atoms with Crippen molar-refractivity contribution in [1.82, 2.24) is 5.43 Å². The molecule has 0 saturated heterocycles. The average molecular weight is 502 g/mol. The van der Waals surface area contributed by atoms with Crippen LogP contribution in [-0.2, 0) is 0 Å². The summed E-state index contributed by atoms with van der Waals surface area (Å²) in [7, 11) is 0. The Balaban J connectivity index is 1.61. The van der Waals surface area contributed by atoms with Crippen molar-refractivity contribution in [1.29, 1.82) is 0 Å². The highest BCUT2D eigenvalue weighted by atomic mass is 35.5. The number of hydrazone groups is 1. The van der Waals surface area contributed by atoms with Crippen LogP contribution in [0.25, 0.3) is 0 Å². The first-order valence-electron chi connectivity index (χ1n) is 11.6. The minimum absolute atomic E-state index is 0.0212. The second-order valence-corrected chi connectivity index (χ2v) is 9.74. The van der Waals surface area contributed by atoms with Crippen LogP contribution in [0.4, 0.5) is 0 Å². The molecular formula is C25H29Cl2N5O2. The molecule has 34 heavy (non-hydrogen) atoms. The zero-order valence-electron chi connectivity index (χ0n) is 18.8. The van der Waals surface area contributed by atoms with Crippen molar-refractivity contribution in [2.24, 2.45) is 32.9 Å². The van der Waals surface area contributed by atoms with Crippen molar-refractivity contribution in [3.63, 3.8) is 0 Å². The Labute approximate surface area is 209 Å². The van der Waals surface area contributed by atoms with Gasteiger partial charge in [-0.1, -0.05) is 48.9 Å². The molecule has 0 atom stereocenters. The Kier molecular flexibility index (Phi) is 7.95. The second kappa shape index (κ2) is 11.1. The first-order chi connectivity index (χ1) is 16.4. The number of nitrogens with one attached hydrogen (secondary N) is 1. The summed E-state index contributed by atoms with van der Waals surface area (Å²) in [5.74, 6) is 0.561. The molecule has 0 amide bonds. The lowest BCUT2D eigenvalue weighted by atomic mass is 9.95. The number of rotatable bonds is 6. The number of hydrogen-bond donors (Lipinski definition) is 4. The van der Waals surface area contributed by atoms with Crippen LogP contribution in [0, 0.1) is 11.8 Å². The maximum Gasteiger partial charge on any atom is 0.234 e. The molecule has 7 nitrogen and oxygen atoms in total. The van der Waals surface area contributed by atoms with Crippen LogP contribution in [-0.4, -0.2) is 27.6 Å². The van der Waals surface area contributed by atoms with Crippen LogP contribution in [0.2, 0.25) is 10.0 Å². The van der Waals surface area contributed by atoms with Gasteiger partial charge in [0, 0.05) is 33.0 Å². The standard InChI is InChI=1S/C25H29Cl2N5O2/c26-17-9-11-19(21(33)13-17)23(15-5-1-2-6-15)29-31-25(28)32-30-24(16-7-3-4-8-16)20-12-10-18(27)14-22(20)34/h9-16,33-34H,1-8H2,(H3,28,31,32). The second-order valence-electron chi connectivity index (χ2n) is 8.87. The molecule has 2 aromatic carbocycles. The number of phenols is 2. The Hall–Kier alpha value is -2.77. The molecule has 4 rings (SSSR count). The van der Waals surface area contributed by atoms with Gasteiger partial charge in [-0.3, -0.25) is 0 Å². The van der Waals surface area contributed by atoms with Crippen molar-refractivity contribution < 1.29 is 10.2 Å². The van der Waals surface area contributed by atoms with E-state index in [4.69, 9.17) is 28.9 Å². The molecule has 2 fully saturated rings. The summed E-state index contributed by atoms with van der Waals surface area (Å²) in [4.78, 5) is 0. The van der Waals surface area contributed by atoms with Crippen LogP contribution in [0.3, 0.4) is 0 Å². The van der Waals surface area contributed by atoms with Crippen LogP contribution < -0.4 is 11.2 Å². The highest BCUT2D eigenvalue weighted by molar-refractivity contribution is 6.31. The van der Waals surface area contributed by atoms with E-state index in [1.165, 1.54) is 12.1 Å². The van der Waals surface area contributed by atoms with Gasteiger partial charge in [0.1, 0.15) is 11.5 Å². The van der Waals surface area contributed by atoms with Gasteiger partial charge in [-0.2, -0.15) is 10.2 Å². The predicted octanol–water partition coefficient (Wildman–Crippen LogP) is 5.80. The Bertz CT molecular complexity index is 1120. The third-order valence-electron chi connectivity index (χ3n) is 6.51. The van der Waals surface area contributed by atoms with Crippen molar-refractivity contribution in [3.8, 4) is 11.5 Å². The van der Waals surface area contributed by atoms with E-state index in [1.54, 1.807) is 24.3 Å². The van der Waals surface area contributed by atoms with Crippen LogP contribution in [0.1, 0.15) is 62.5 Å². The summed E-state index contributed by atoms with van der Waals surface area (Å²) in [6, 6.07) is 9.99. The summed E-state index contributed by atoms with van der Waals surface area (Å²) in [5.41, 5.74) is 11.5. The molecule has 2 aromatic rings. The van der Waals surface area contributed by atoms with Crippen molar-refractivity contribution in [3.05, 3.63) is 57.6 Å². The molecule has 5 N–H and O–H groups in total. The van der Waals surface area contributed by atoms with Crippen molar-refractivity contribution in [2.45, 2.75) is 51.4 Å². The van der Waals surface area contributed by atoms with Gasteiger partial charge in [0.05, 0.1) is 11.4 Å². The summed E-state index contributed by atoms with van der Waals surface area (Å²) in [6.07, 6.45) is 8.36. The van der Waals surface area contributed by atoms with E-state index in [0.29, 0.717) is 26.9 Å². The molecule has 0 heterocycles. The van der Waals surface area contributed by atoms with Gasteiger partial charge in [0.15, 0.2) is 0 Å².